The minimum absolute atomic E-state index is 0.0109. The highest BCUT2D eigenvalue weighted by Gasteiger charge is 2.19. The lowest BCUT2D eigenvalue weighted by atomic mass is 9.87. The summed E-state index contributed by atoms with van der Waals surface area (Å²) in [6, 6.07) is 7.32. The van der Waals surface area contributed by atoms with E-state index >= 15 is 0 Å². The quantitative estimate of drug-likeness (QED) is 0.357. The van der Waals surface area contributed by atoms with E-state index in [4.69, 9.17) is 14.2 Å². The Bertz CT molecular complexity index is 583. The van der Waals surface area contributed by atoms with Gasteiger partial charge in [0.15, 0.2) is 6.10 Å². The summed E-state index contributed by atoms with van der Waals surface area (Å²) in [7, 11) is 0. The molecule has 0 spiro atoms. The van der Waals surface area contributed by atoms with Gasteiger partial charge >= 0.3 is 11.9 Å². The largest absolute Gasteiger partial charge is 0.458 e. The Kier molecular flexibility index (Phi) is 9.07. The molecule has 0 aliphatic carbocycles. The lowest BCUT2D eigenvalue weighted by Gasteiger charge is -2.20. The van der Waals surface area contributed by atoms with Crippen molar-refractivity contribution in [2.45, 2.75) is 52.1 Å². The van der Waals surface area contributed by atoms with Crippen LogP contribution in [0.2, 0.25) is 0 Å². The molecule has 0 aliphatic heterocycles. The third-order valence-electron chi connectivity index (χ3n) is 3.78. The molecule has 0 amide bonds. The van der Waals surface area contributed by atoms with Gasteiger partial charge in [-0.15, -0.1) is 0 Å². The second-order valence-corrected chi connectivity index (χ2v) is 7.12. The van der Waals surface area contributed by atoms with E-state index in [9.17, 15) is 9.59 Å². The van der Waals surface area contributed by atoms with Gasteiger partial charge in [-0.25, -0.2) is 9.59 Å². The minimum atomic E-state index is -0.662. The Hall–Kier alpha value is -2.14. The summed E-state index contributed by atoms with van der Waals surface area (Å²) in [6.45, 7) is 12.4. The molecular weight excluding hydrogens is 332 g/mol. The number of unbranched alkanes of at least 4 members (excludes halogenated alkanes) is 1. The van der Waals surface area contributed by atoms with Crippen LogP contribution in [0.3, 0.4) is 0 Å². The highest BCUT2D eigenvalue weighted by atomic mass is 16.6. The second-order valence-electron chi connectivity index (χ2n) is 7.12. The van der Waals surface area contributed by atoms with Crippen molar-refractivity contribution in [3.63, 3.8) is 0 Å². The normalized spacial score (nSPS) is 12.3. The average Bonchev–Trinajstić information content (AvgIpc) is 2.61. The van der Waals surface area contributed by atoms with Gasteiger partial charge in [-0.1, -0.05) is 52.8 Å². The molecule has 5 heteroatoms. The SMILES string of the molecule is C=CC(=O)OCC(COCCCC)OC(=O)c1ccc(C(C)(C)C)cc1. The molecule has 0 saturated carbocycles. The number of ether oxygens (including phenoxy) is 3. The molecule has 0 N–H and O–H groups in total. The van der Waals surface area contributed by atoms with Crippen LogP contribution in [0.25, 0.3) is 0 Å². The smallest absolute Gasteiger partial charge is 0.338 e. The predicted octanol–water partition coefficient (Wildman–Crippen LogP) is 4.06. The molecule has 144 valence electrons. The van der Waals surface area contributed by atoms with Gasteiger partial charge in [-0.05, 0) is 29.5 Å². The molecule has 1 rings (SSSR count). The standard InChI is InChI=1S/C21H30O5/c1-6-8-13-24-14-18(15-25-19(22)7-2)26-20(23)16-9-11-17(12-10-16)21(3,4)5/h7,9-12,18H,2,6,8,13-15H2,1,3-5H3. The lowest BCUT2D eigenvalue weighted by molar-refractivity contribution is -0.142. The first-order valence-corrected chi connectivity index (χ1v) is 8.96. The van der Waals surface area contributed by atoms with Crippen molar-refractivity contribution >= 4 is 11.9 Å². The molecule has 5 nitrogen and oxygen atoms in total. The fourth-order valence-corrected chi connectivity index (χ4v) is 2.14. The van der Waals surface area contributed by atoms with Gasteiger partial charge in [0.2, 0.25) is 0 Å². The summed E-state index contributed by atoms with van der Waals surface area (Å²) in [5, 5.41) is 0. The van der Waals surface area contributed by atoms with Gasteiger partial charge in [0, 0.05) is 12.7 Å². The Balaban J connectivity index is 2.69. The molecule has 0 fully saturated rings. The summed E-state index contributed by atoms with van der Waals surface area (Å²) >= 11 is 0. The van der Waals surface area contributed by atoms with Gasteiger partial charge in [0.1, 0.15) is 6.61 Å². The summed E-state index contributed by atoms with van der Waals surface area (Å²) in [5.41, 5.74) is 1.59. The van der Waals surface area contributed by atoms with Crippen molar-refractivity contribution in [3.05, 3.63) is 48.0 Å². The van der Waals surface area contributed by atoms with Gasteiger partial charge in [0.25, 0.3) is 0 Å². The van der Waals surface area contributed by atoms with E-state index in [1.165, 1.54) is 0 Å². The monoisotopic (exact) mass is 362 g/mol. The number of hydrogen-bond acceptors (Lipinski definition) is 5. The van der Waals surface area contributed by atoms with E-state index in [0.29, 0.717) is 12.2 Å². The van der Waals surface area contributed by atoms with Crippen molar-refractivity contribution in [2.75, 3.05) is 19.8 Å². The zero-order valence-corrected chi connectivity index (χ0v) is 16.2. The number of rotatable bonds is 10. The second kappa shape index (κ2) is 10.8. The van der Waals surface area contributed by atoms with Crippen molar-refractivity contribution in [1.29, 1.82) is 0 Å². The molecule has 1 aromatic rings. The van der Waals surface area contributed by atoms with Gasteiger partial charge < -0.3 is 14.2 Å². The van der Waals surface area contributed by atoms with Crippen LogP contribution in [-0.4, -0.2) is 37.9 Å². The molecule has 0 aromatic heterocycles. The third-order valence-corrected chi connectivity index (χ3v) is 3.78. The topological polar surface area (TPSA) is 61.8 Å². The first kappa shape index (κ1) is 21.9. The van der Waals surface area contributed by atoms with Gasteiger partial charge in [0.05, 0.1) is 12.2 Å². The molecule has 0 radical (unpaired) electrons. The van der Waals surface area contributed by atoms with E-state index in [0.717, 1.165) is 24.5 Å². The lowest BCUT2D eigenvalue weighted by Crippen LogP contribution is -2.29. The number of hydrogen-bond donors (Lipinski definition) is 0. The molecule has 1 aromatic carbocycles. The molecular formula is C21H30O5. The van der Waals surface area contributed by atoms with Crippen LogP contribution in [-0.2, 0) is 24.4 Å². The highest BCUT2D eigenvalue weighted by molar-refractivity contribution is 5.89. The van der Waals surface area contributed by atoms with Gasteiger partial charge in [-0.2, -0.15) is 0 Å². The fourth-order valence-electron chi connectivity index (χ4n) is 2.14. The third kappa shape index (κ3) is 7.83. The highest BCUT2D eigenvalue weighted by Crippen LogP contribution is 2.22. The van der Waals surface area contributed by atoms with Crippen molar-refractivity contribution < 1.29 is 23.8 Å². The maximum atomic E-state index is 12.4. The molecule has 0 bridgehead atoms. The van der Waals surface area contributed by atoms with E-state index in [-0.39, 0.29) is 18.6 Å². The maximum Gasteiger partial charge on any atom is 0.338 e. The summed E-state index contributed by atoms with van der Waals surface area (Å²) in [6.07, 6.45) is 2.34. The van der Waals surface area contributed by atoms with Crippen LogP contribution >= 0.6 is 0 Å². The van der Waals surface area contributed by atoms with Crippen LogP contribution < -0.4 is 0 Å². The van der Waals surface area contributed by atoms with Crippen LogP contribution in [0, 0.1) is 0 Å². The fraction of sp³-hybridized carbons (Fsp3) is 0.524. The zero-order valence-electron chi connectivity index (χ0n) is 16.2. The number of esters is 2. The maximum absolute atomic E-state index is 12.4. The van der Waals surface area contributed by atoms with E-state index < -0.39 is 18.0 Å². The summed E-state index contributed by atoms with van der Waals surface area (Å²) in [5.74, 6) is -1.03. The number of carbonyl (C=O) groups is 2. The Labute approximate surface area is 156 Å². The van der Waals surface area contributed by atoms with E-state index in [1.54, 1.807) is 12.1 Å². The Morgan fingerprint density at radius 2 is 1.81 bits per heavy atom. The van der Waals surface area contributed by atoms with E-state index in [1.807, 2.05) is 12.1 Å². The predicted molar refractivity (Wildman–Crippen MR) is 101 cm³/mol. The zero-order chi connectivity index (χ0) is 19.6. The molecule has 1 atom stereocenters. The van der Waals surface area contributed by atoms with Crippen molar-refractivity contribution in [1.82, 2.24) is 0 Å². The van der Waals surface area contributed by atoms with Gasteiger partial charge in [-0.3, -0.25) is 0 Å². The molecule has 1 unspecified atom stereocenters. The Morgan fingerprint density at radius 1 is 1.15 bits per heavy atom. The molecule has 0 heterocycles. The average molecular weight is 362 g/mol. The van der Waals surface area contributed by atoms with Crippen molar-refractivity contribution in [3.8, 4) is 0 Å². The molecule has 0 aliphatic rings. The molecule has 26 heavy (non-hydrogen) atoms. The minimum Gasteiger partial charge on any atom is -0.458 e. The molecule has 0 saturated heterocycles. The van der Waals surface area contributed by atoms with Crippen LogP contribution in [0.15, 0.2) is 36.9 Å². The first-order chi connectivity index (χ1) is 12.3. The first-order valence-electron chi connectivity index (χ1n) is 8.96. The number of benzene rings is 1. The van der Waals surface area contributed by atoms with Crippen LogP contribution in [0.4, 0.5) is 0 Å². The van der Waals surface area contributed by atoms with E-state index in [2.05, 4.69) is 34.3 Å². The van der Waals surface area contributed by atoms with Crippen LogP contribution in [0.1, 0.15) is 56.5 Å². The summed E-state index contributed by atoms with van der Waals surface area (Å²) in [4.78, 5) is 23.6. The Morgan fingerprint density at radius 3 is 2.35 bits per heavy atom. The van der Waals surface area contributed by atoms with Crippen LogP contribution in [0.5, 0.6) is 0 Å². The van der Waals surface area contributed by atoms with Crippen molar-refractivity contribution in [2.24, 2.45) is 0 Å². The number of carbonyl (C=O) groups excluding carboxylic acids is 2. The summed E-state index contributed by atoms with van der Waals surface area (Å²) < 4.78 is 16.0.